The highest BCUT2D eigenvalue weighted by Crippen LogP contribution is 2.54. The van der Waals surface area contributed by atoms with Gasteiger partial charge in [-0.15, -0.1) is 0 Å². The minimum absolute atomic E-state index is 0.809. The van der Waals surface area contributed by atoms with E-state index in [4.69, 9.17) is 0 Å². The van der Waals surface area contributed by atoms with Crippen LogP contribution in [0, 0.1) is 11.8 Å². The summed E-state index contributed by atoms with van der Waals surface area (Å²) in [4.78, 5) is 0. The van der Waals surface area contributed by atoms with Crippen molar-refractivity contribution in [3.8, 4) is 0 Å². The average Bonchev–Trinajstić information content (AvgIpc) is 3.32. The summed E-state index contributed by atoms with van der Waals surface area (Å²) in [6.45, 7) is 7.80. The summed E-state index contributed by atoms with van der Waals surface area (Å²) in [5.41, 5.74) is 5.33. The van der Waals surface area contributed by atoms with E-state index in [0.29, 0.717) is 0 Å². The first-order chi connectivity index (χ1) is 13.3. The fourth-order valence-electron chi connectivity index (χ4n) is 4.65. The van der Waals surface area contributed by atoms with Crippen LogP contribution in [0.2, 0.25) is 0 Å². The molecule has 2 aliphatic carbocycles. The normalized spacial score (nSPS) is 26.2. The lowest BCUT2D eigenvalue weighted by molar-refractivity contribution is 0.503. The van der Waals surface area contributed by atoms with Crippen LogP contribution in [0.15, 0.2) is 61.7 Å². The molecule has 2 heteroatoms. The van der Waals surface area contributed by atoms with Crippen molar-refractivity contribution in [3.05, 3.63) is 83.9 Å². The zero-order valence-electron chi connectivity index (χ0n) is 15.8. The van der Waals surface area contributed by atoms with E-state index in [2.05, 4.69) is 85.2 Å². The van der Waals surface area contributed by atoms with Crippen molar-refractivity contribution in [2.75, 3.05) is 0 Å². The minimum atomic E-state index is 0.809. The lowest BCUT2D eigenvalue weighted by Crippen LogP contribution is -2.27. The molecular formula is C25H28S2. The summed E-state index contributed by atoms with van der Waals surface area (Å²) in [6.07, 6.45) is 8.23. The van der Waals surface area contributed by atoms with Crippen molar-refractivity contribution < 1.29 is 0 Å². The van der Waals surface area contributed by atoms with E-state index in [1.807, 2.05) is 12.2 Å². The summed E-state index contributed by atoms with van der Waals surface area (Å²) in [5.74, 6) is 4.11. The maximum atomic E-state index is 3.90. The molecule has 0 nitrogen and oxygen atoms in total. The molecule has 4 atom stereocenters. The van der Waals surface area contributed by atoms with Gasteiger partial charge in [-0.3, -0.25) is 0 Å². The van der Waals surface area contributed by atoms with E-state index < -0.39 is 0 Å². The molecule has 2 saturated carbocycles. The summed E-state index contributed by atoms with van der Waals surface area (Å²) in [5, 5.41) is 1.62. The molecule has 140 valence electrons. The molecule has 0 aromatic heterocycles. The molecule has 0 aliphatic heterocycles. The van der Waals surface area contributed by atoms with Crippen molar-refractivity contribution in [2.45, 2.75) is 41.3 Å². The molecule has 0 spiro atoms. The Balaban J connectivity index is 1.40. The smallest absolute Gasteiger partial charge is 0.0200 e. The van der Waals surface area contributed by atoms with Gasteiger partial charge >= 0.3 is 0 Å². The van der Waals surface area contributed by atoms with Crippen LogP contribution in [0.4, 0.5) is 0 Å². The second-order valence-corrected chi connectivity index (χ2v) is 10.1. The van der Waals surface area contributed by atoms with E-state index in [1.54, 1.807) is 0 Å². The van der Waals surface area contributed by atoms with Gasteiger partial charge in [0, 0.05) is 22.0 Å². The van der Waals surface area contributed by atoms with Gasteiger partial charge in [0.25, 0.3) is 0 Å². The van der Waals surface area contributed by atoms with Gasteiger partial charge in [0.15, 0.2) is 0 Å². The zero-order valence-corrected chi connectivity index (χ0v) is 17.5. The van der Waals surface area contributed by atoms with E-state index in [1.165, 1.54) is 41.5 Å². The second-order valence-electron chi connectivity index (χ2n) is 7.78. The van der Waals surface area contributed by atoms with Crippen LogP contribution in [0.1, 0.15) is 41.5 Å². The van der Waals surface area contributed by atoms with Gasteiger partial charge in [0.05, 0.1) is 0 Å². The van der Waals surface area contributed by atoms with Crippen LogP contribution in [-0.4, -0.2) is 10.5 Å². The van der Waals surface area contributed by atoms with E-state index in [9.17, 15) is 0 Å². The largest absolute Gasteiger partial charge is 0.152 e. The van der Waals surface area contributed by atoms with Crippen LogP contribution in [0.5, 0.6) is 0 Å². The zero-order chi connectivity index (χ0) is 18.6. The highest BCUT2D eigenvalue weighted by Gasteiger charge is 2.47. The molecule has 0 radical (unpaired) electrons. The van der Waals surface area contributed by atoms with E-state index >= 15 is 0 Å². The van der Waals surface area contributed by atoms with Crippen molar-refractivity contribution in [3.63, 3.8) is 0 Å². The maximum Gasteiger partial charge on any atom is 0.0200 e. The number of benzene rings is 2. The molecule has 0 saturated heterocycles. The van der Waals surface area contributed by atoms with Gasteiger partial charge in [0.2, 0.25) is 0 Å². The lowest BCUT2D eigenvalue weighted by Gasteiger charge is -2.30. The van der Waals surface area contributed by atoms with Crippen LogP contribution in [0.25, 0.3) is 12.2 Å². The van der Waals surface area contributed by atoms with Crippen LogP contribution < -0.4 is 0 Å². The van der Waals surface area contributed by atoms with Gasteiger partial charge in [-0.1, -0.05) is 73.8 Å². The Hall–Kier alpha value is -1.38. The maximum absolute atomic E-state index is 3.90. The molecular weight excluding hydrogens is 364 g/mol. The Morgan fingerprint density at radius 2 is 1.26 bits per heavy atom. The topological polar surface area (TPSA) is 0 Å². The van der Waals surface area contributed by atoms with Crippen LogP contribution in [-0.2, 0) is 11.5 Å². The predicted octanol–water partition coefficient (Wildman–Crippen LogP) is 7.31. The Labute approximate surface area is 172 Å². The minimum Gasteiger partial charge on any atom is -0.152 e. The second kappa shape index (κ2) is 8.75. The monoisotopic (exact) mass is 392 g/mol. The Morgan fingerprint density at radius 1 is 0.778 bits per heavy atom. The molecule has 0 N–H and O–H groups in total. The Kier molecular flexibility index (Phi) is 6.14. The van der Waals surface area contributed by atoms with Gasteiger partial charge in [-0.2, -0.15) is 23.5 Å². The van der Waals surface area contributed by atoms with Crippen molar-refractivity contribution >= 4 is 35.7 Å². The molecule has 2 aromatic carbocycles. The lowest BCUT2D eigenvalue weighted by atomic mass is 10.00. The molecule has 27 heavy (non-hydrogen) atoms. The quantitative estimate of drug-likeness (QED) is 0.462. The SMILES string of the molecule is C=Cc1cccc(CSC2C3CCC(C3)C2SCc2cccc(C=C)c2)c1. The highest BCUT2D eigenvalue weighted by atomic mass is 32.2. The first-order valence-corrected chi connectivity index (χ1v) is 12.0. The van der Waals surface area contributed by atoms with E-state index in [-0.39, 0.29) is 0 Å². The van der Waals surface area contributed by atoms with E-state index in [0.717, 1.165) is 33.8 Å². The van der Waals surface area contributed by atoms with Crippen LogP contribution in [0.3, 0.4) is 0 Å². The highest BCUT2D eigenvalue weighted by molar-refractivity contribution is 8.03. The first kappa shape index (κ1) is 19.0. The van der Waals surface area contributed by atoms with Crippen molar-refractivity contribution in [1.29, 1.82) is 0 Å². The average molecular weight is 393 g/mol. The molecule has 4 rings (SSSR count). The standard InChI is InChI=1S/C25H28S2/c1-3-18-7-5-9-20(13-18)16-26-24-22-11-12-23(15-22)25(24)27-17-21-10-6-8-19(4-2)14-21/h3-10,13-14,22-25H,1-2,11-12,15-17H2. The van der Waals surface area contributed by atoms with Gasteiger partial charge in [0.1, 0.15) is 0 Å². The summed E-state index contributed by atoms with van der Waals surface area (Å²) in [7, 11) is 0. The predicted molar refractivity (Wildman–Crippen MR) is 124 cm³/mol. The molecule has 0 heterocycles. The first-order valence-electron chi connectivity index (χ1n) is 9.93. The fraction of sp³-hybridized carbons (Fsp3) is 0.360. The summed E-state index contributed by atoms with van der Waals surface area (Å²) in [6, 6.07) is 17.7. The third-order valence-electron chi connectivity index (χ3n) is 6.03. The summed E-state index contributed by atoms with van der Waals surface area (Å²) >= 11 is 4.40. The molecule has 2 bridgehead atoms. The van der Waals surface area contributed by atoms with Crippen molar-refractivity contribution in [1.82, 2.24) is 0 Å². The summed E-state index contributed by atoms with van der Waals surface area (Å²) < 4.78 is 0. The fourth-order valence-corrected chi connectivity index (χ4v) is 8.12. The van der Waals surface area contributed by atoms with Gasteiger partial charge in [-0.05, 0) is 53.4 Å². The number of fused-ring (bicyclic) bond motifs is 2. The molecule has 2 fully saturated rings. The number of rotatable bonds is 8. The molecule has 0 amide bonds. The van der Waals surface area contributed by atoms with Gasteiger partial charge in [-0.25, -0.2) is 0 Å². The number of thioether (sulfide) groups is 2. The van der Waals surface area contributed by atoms with Gasteiger partial charge < -0.3 is 0 Å². The third-order valence-corrected chi connectivity index (χ3v) is 9.32. The third kappa shape index (κ3) is 4.38. The molecule has 2 aromatic rings. The number of hydrogen-bond donors (Lipinski definition) is 0. The Morgan fingerprint density at radius 3 is 1.70 bits per heavy atom. The Bertz CT molecular complexity index is 742. The van der Waals surface area contributed by atoms with Crippen molar-refractivity contribution in [2.24, 2.45) is 11.8 Å². The van der Waals surface area contributed by atoms with Crippen LogP contribution >= 0.6 is 23.5 Å². The number of hydrogen-bond acceptors (Lipinski definition) is 2. The molecule has 2 aliphatic rings. The molecule has 4 unspecified atom stereocenters.